The summed E-state index contributed by atoms with van der Waals surface area (Å²) >= 11 is 11.3. The first kappa shape index (κ1) is 11.3. The molecule has 1 rings (SSSR count). The summed E-state index contributed by atoms with van der Waals surface area (Å²) in [6.07, 6.45) is 0. The topological polar surface area (TPSA) is 9.23 Å². The van der Waals surface area contributed by atoms with E-state index < -0.39 is 5.82 Å². The Morgan fingerprint density at radius 1 is 1.57 bits per heavy atom. The second-order valence-corrected chi connectivity index (χ2v) is 3.44. The fourth-order valence-corrected chi connectivity index (χ4v) is 1.37. The SMILES string of the molecule is C=C(Cl)c1ccc(Cl)c(OCC)c1F. The van der Waals surface area contributed by atoms with E-state index in [0.717, 1.165) is 0 Å². The zero-order valence-electron chi connectivity index (χ0n) is 7.61. The minimum atomic E-state index is -0.570. The van der Waals surface area contributed by atoms with E-state index in [1.807, 2.05) is 0 Å². The zero-order valence-corrected chi connectivity index (χ0v) is 9.12. The summed E-state index contributed by atoms with van der Waals surface area (Å²) < 4.78 is 18.7. The predicted octanol–water partition coefficient (Wildman–Crippen LogP) is 4.09. The van der Waals surface area contributed by atoms with Crippen LogP contribution < -0.4 is 4.74 Å². The van der Waals surface area contributed by atoms with Gasteiger partial charge < -0.3 is 4.74 Å². The Hall–Kier alpha value is -0.730. The van der Waals surface area contributed by atoms with Gasteiger partial charge in [0.2, 0.25) is 0 Å². The molecule has 1 aromatic rings. The van der Waals surface area contributed by atoms with Gasteiger partial charge in [-0.3, -0.25) is 0 Å². The van der Waals surface area contributed by atoms with E-state index in [0.29, 0.717) is 6.61 Å². The third-order valence-electron chi connectivity index (χ3n) is 1.63. The molecule has 14 heavy (non-hydrogen) atoms. The molecule has 0 bridgehead atoms. The first-order valence-corrected chi connectivity index (χ1v) is 4.79. The molecule has 0 unspecified atom stereocenters. The minimum absolute atomic E-state index is 0.0217. The van der Waals surface area contributed by atoms with Crippen molar-refractivity contribution in [3.8, 4) is 5.75 Å². The van der Waals surface area contributed by atoms with Crippen LogP contribution in [0.2, 0.25) is 5.02 Å². The largest absolute Gasteiger partial charge is 0.489 e. The van der Waals surface area contributed by atoms with Gasteiger partial charge in [0.15, 0.2) is 11.6 Å². The number of benzene rings is 1. The summed E-state index contributed by atoms with van der Waals surface area (Å²) in [5, 5.41) is 0.353. The monoisotopic (exact) mass is 234 g/mol. The second kappa shape index (κ2) is 4.67. The van der Waals surface area contributed by atoms with Crippen LogP contribution in [0.5, 0.6) is 5.75 Å². The Kier molecular flexibility index (Phi) is 3.78. The normalized spacial score (nSPS) is 10.0. The van der Waals surface area contributed by atoms with Gasteiger partial charge >= 0.3 is 0 Å². The van der Waals surface area contributed by atoms with Crippen molar-refractivity contribution in [2.45, 2.75) is 6.92 Å². The molecule has 0 aromatic heterocycles. The Morgan fingerprint density at radius 2 is 2.21 bits per heavy atom. The maximum absolute atomic E-state index is 13.6. The van der Waals surface area contributed by atoms with Gasteiger partial charge in [0, 0.05) is 10.6 Å². The van der Waals surface area contributed by atoms with Crippen LogP contribution in [-0.2, 0) is 0 Å². The quantitative estimate of drug-likeness (QED) is 0.766. The molecule has 0 radical (unpaired) electrons. The van der Waals surface area contributed by atoms with Gasteiger partial charge in [0.05, 0.1) is 11.6 Å². The van der Waals surface area contributed by atoms with Crippen molar-refractivity contribution in [1.82, 2.24) is 0 Å². The third-order valence-corrected chi connectivity index (χ3v) is 2.13. The van der Waals surface area contributed by atoms with E-state index in [-0.39, 0.29) is 21.4 Å². The van der Waals surface area contributed by atoms with Gasteiger partial charge in [-0.05, 0) is 19.1 Å². The highest BCUT2D eigenvalue weighted by molar-refractivity contribution is 6.48. The smallest absolute Gasteiger partial charge is 0.175 e. The van der Waals surface area contributed by atoms with Crippen molar-refractivity contribution < 1.29 is 9.13 Å². The lowest BCUT2D eigenvalue weighted by Crippen LogP contribution is -1.97. The van der Waals surface area contributed by atoms with Gasteiger partial charge in [-0.25, -0.2) is 4.39 Å². The molecule has 0 N–H and O–H groups in total. The second-order valence-electron chi connectivity index (χ2n) is 2.58. The predicted molar refractivity (Wildman–Crippen MR) is 57.5 cm³/mol. The van der Waals surface area contributed by atoms with Crippen molar-refractivity contribution in [1.29, 1.82) is 0 Å². The summed E-state index contributed by atoms with van der Waals surface area (Å²) in [6, 6.07) is 2.99. The molecular weight excluding hydrogens is 226 g/mol. The standard InChI is InChI=1S/C10H9Cl2FO/c1-3-14-10-8(12)5-4-7(6(2)11)9(10)13/h4-5H,2-3H2,1H3. The van der Waals surface area contributed by atoms with Crippen molar-refractivity contribution in [3.63, 3.8) is 0 Å². The van der Waals surface area contributed by atoms with Crippen molar-refractivity contribution in [2.24, 2.45) is 0 Å². The van der Waals surface area contributed by atoms with E-state index in [2.05, 4.69) is 6.58 Å². The molecule has 1 nitrogen and oxygen atoms in total. The molecular formula is C10H9Cl2FO. The minimum Gasteiger partial charge on any atom is -0.489 e. The van der Waals surface area contributed by atoms with Gasteiger partial charge in [-0.2, -0.15) is 0 Å². The lowest BCUT2D eigenvalue weighted by Gasteiger charge is -2.09. The summed E-state index contributed by atoms with van der Waals surface area (Å²) in [5.41, 5.74) is 0.208. The maximum Gasteiger partial charge on any atom is 0.175 e. The van der Waals surface area contributed by atoms with E-state index in [4.69, 9.17) is 27.9 Å². The molecule has 0 fully saturated rings. The number of hydrogen-bond acceptors (Lipinski definition) is 1. The van der Waals surface area contributed by atoms with Crippen molar-refractivity contribution in [2.75, 3.05) is 6.61 Å². The Bertz CT molecular complexity index is 363. The van der Waals surface area contributed by atoms with Crippen LogP contribution >= 0.6 is 23.2 Å². The molecule has 0 saturated heterocycles. The molecule has 0 aliphatic heterocycles. The summed E-state index contributed by atoms with van der Waals surface area (Å²) in [4.78, 5) is 0. The number of ether oxygens (including phenoxy) is 1. The molecule has 0 saturated carbocycles. The van der Waals surface area contributed by atoms with Crippen LogP contribution in [-0.4, -0.2) is 6.61 Å². The van der Waals surface area contributed by atoms with Crippen LogP contribution in [0.1, 0.15) is 12.5 Å². The summed E-state index contributed by atoms with van der Waals surface area (Å²) in [6.45, 7) is 5.53. The number of hydrogen-bond donors (Lipinski definition) is 0. The van der Waals surface area contributed by atoms with E-state index in [1.165, 1.54) is 12.1 Å². The lowest BCUT2D eigenvalue weighted by atomic mass is 10.2. The Morgan fingerprint density at radius 3 is 2.71 bits per heavy atom. The number of rotatable bonds is 3. The maximum atomic E-state index is 13.6. The van der Waals surface area contributed by atoms with Crippen LogP contribution in [0.25, 0.3) is 5.03 Å². The molecule has 0 atom stereocenters. The van der Waals surface area contributed by atoms with E-state index in [9.17, 15) is 4.39 Å². The Balaban J connectivity index is 3.26. The first-order valence-electron chi connectivity index (χ1n) is 4.03. The molecule has 0 heterocycles. The fraction of sp³-hybridized carbons (Fsp3) is 0.200. The van der Waals surface area contributed by atoms with Gasteiger partial charge in [-0.15, -0.1) is 0 Å². The molecule has 76 valence electrons. The van der Waals surface area contributed by atoms with E-state index in [1.54, 1.807) is 6.92 Å². The highest BCUT2D eigenvalue weighted by Gasteiger charge is 2.14. The summed E-state index contributed by atoms with van der Waals surface area (Å²) in [5.74, 6) is -0.548. The van der Waals surface area contributed by atoms with Gasteiger partial charge in [0.1, 0.15) is 0 Å². The molecule has 0 aliphatic rings. The molecule has 1 aromatic carbocycles. The third kappa shape index (κ3) is 2.20. The van der Waals surface area contributed by atoms with Crippen LogP contribution in [0.15, 0.2) is 18.7 Å². The van der Waals surface area contributed by atoms with Crippen LogP contribution in [0.3, 0.4) is 0 Å². The average Bonchev–Trinajstić information content (AvgIpc) is 2.11. The van der Waals surface area contributed by atoms with Gasteiger partial charge in [-0.1, -0.05) is 29.8 Å². The molecule has 0 amide bonds. The molecule has 0 aliphatic carbocycles. The van der Waals surface area contributed by atoms with Crippen LogP contribution in [0.4, 0.5) is 4.39 Å². The summed E-state index contributed by atoms with van der Waals surface area (Å²) in [7, 11) is 0. The molecule has 0 spiro atoms. The highest BCUT2D eigenvalue weighted by atomic mass is 35.5. The van der Waals surface area contributed by atoms with E-state index >= 15 is 0 Å². The number of halogens is 3. The zero-order chi connectivity index (χ0) is 10.7. The average molecular weight is 235 g/mol. The lowest BCUT2D eigenvalue weighted by molar-refractivity contribution is 0.321. The van der Waals surface area contributed by atoms with Crippen molar-refractivity contribution in [3.05, 3.63) is 35.1 Å². The Labute approximate surface area is 92.1 Å². The van der Waals surface area contributed by atoms with Crippen molar-refractivity contribution >= 4 is 28.2 Å². The highest BCUT2D eigenvalue weighted by Crippen LogP contribution is 2.33. The van der Waals surface area contributed by atoms with Crippen LogP contribution in [0, 0.1) is 5.82 Å². The van der Waals surface area contributed by atoms with Gasteiger partial charge in [0.25, 0.3) is 0 Å². The molecule has 4 heteroatoms. The first-order chi connectivity index (χ1) is 6.57. The fourth-order valence-electron chi connectivity index (χ4n) is 1.02.